The summed E-state index contributed by atoms with van der Waals surface area (Å²) in [5, 5.41) is 6.55. The Bertz CT molecular complexity index is 590. The van der Waals surface area contributed by atoms with Crippen molar-refractivity contribution in [3.05, 3.63) is 34.6 Å². The molecule has 2 heterocycles. The van der Waals surface area contributed by atoms with Gasteiger partial charge in [-0.15, -0.1) is 0 Å². The number of morpholine rings is 1. The van der Waals surface area contributed by atoms with Crippen LogP contribution < -0.4 is 10.6 Å². The molecule has 0 aromatic heterocycles. The summed E-state index contributed by atoms with van der Waals surface area (Å²) in [4.78, 5) is 14.5. The molecule has 0 spiro atoms. The molecular formula is C18H25ClFN3O2. The predicted molar refractivity (Wildman–Crippen MR) is 95.2 cm³/mol. The van der Waals surface area contributed by atoms with Crippen molar-refractivity contribution < 1.29 is 13.9 Å². The third-order valence-electron chi connectivity index (χ3n) is 4.89. The molecule has 5 nitrogen and oxygen atoms in total. The number of ether oxygens (including phenoxy) is 1. The van der Waals surface area contributed by atoms with E-state index in [9.17, 15) is 9.18 Å². The normalized spacial score (nSPS) is 25.7. The summed E-state index contributed by atoms with van der Waals surface area (Å²) in [6.07, 6.45) is 1.90. The molecule has 0 saturated carbocycles. The number of nitrogens with one attached hydrogen (secondary N) is 2. The Kier molecular flexibility index (Phi) is 6.28. The minimum Gasteiger partial charge on any atom is -0.376 e. The summed E-state index contributed by atoms with van der Waals surface area (Å²) in [5.74, 6) is -0.374. The van der Waals surface area contributed by atoms with Crippen molar-refractivity contribution in [2.45, 2.75) is 38.0 Å². The van der Waals surface area contributed by atoms with Crippen LogP contribution in [-0.4, -0.2) is 55.7 Å². The van der Waals surface area contributed by atoms with Gasteiger partial charge < -0.3 is 15.4 Å². The van der Waals surface area contributed by atoms with E-state index in [4.69, 9.17) is 16.3 Å². The zero-order valence-corrected chi connectivity index (χ0v) is 15.2. The average Bonchev–Trinajstić information content (AvgIpc) is 3.12. The van der Waals surface area contributed by atoms with E-state index >= 15 is 0 Å². The van der Waals surface area contributed by atoms with Crippen LogP contribution in [0.1, 0.15) is 31.4 Å². The number of carbonyl (C=O) groups is 1. The van der Waals surface area contributed by atoms with E-state index in [-0.39, 0.29) is 29.9 Å². The van der Waals surface area contributed by atoms with Crippen molar-refractivity contribution in [3.8, 4) is 0 Å². The molecule has 0 bridgehead atoms. The Hall–Kier alpha value is -1.21. The quantitative estimate of drug-likeness (QED) is 0.834. The molecule has 2 N–H and O–H groups in total. The van der Waals surface area contributed by atoms with Crippen LogP contribution in [0.5, 0.6) is 0 Å². The van der Waals surface area contributed by atoms with Crippen LogP contribution in [0.4, 0.5) is 4.39 Å². The van der Waals surface area contributed by atoms with E-state index in [1.807, 2.05) is 6.92 Å². The van der Waals surface area contributed by atoms with E-state index in [2.05, 4.69) is 15.5 Å². The maximum Gasteiger partial charge on any atom is 0.237 e. The molecule has 7 heteroatoms. The smallest absolute Gasteiger partial charge is 0.237 e. The van der Waals surface area contributed by atoms with Crippen molar-refractivity contribution in [2.24, 2.45) is 0 Å². The topological polar surface area (TPSA) is 53.6 Å². The summed E-state index contributed by atoms with van der Waals surface area (Å²) < 4.78 is 20.1. The van der Waals surface area contributed by atoms with Gasteiger partial charge in [-0.3, -0.25) is 9.69 Å². The molecule has 1 amide bonds. The van der Waals surface area contributed by atoms with Crippen molar-refractivity contribution in [2.75, 3.05) is 32.8 Å². The largest absolute Gasteiger partial charge is 0.376 e. The van der Waals surface area contributed by atoms with E-state index in [0.29, 0.717) is 36.8 Å². The van der Waals surface area contributed by atoms with Gasteiger partial charge in [0.15, 0.2) is 0 Å². The van der Waals surface area contributed by atoms with Crippen molar-refractivity contribution in [1.29, 1.82) is 0 Å². The standard InChI is InChI=1S/C18H25ClFN3O2/c1-12-11-23(8-9-25-12)16(17-13(19)4-2-5-14(17)20)10-22-18(24)15-6-3-7-21-15/h2,4-5,12,15-16,21H,3,6-11H2,1H3,(H,22,24). The SMILES string of the molecule is CC1CN(C(CNC(=O)C2CCCN2)c2c(F)cccc2Cl)CCO1. The van der Waals surface area contributed by atoms with Crippen LogP contribution in [0.25, 0.3) is 0 Å². The third-order valence-corrected chi connectivity index (χ3v) is 5.22. The van der Waals surface area contributed by atoms with Crippen LogP contribution in [0.15, 0.2) is 18.2 Å². The Morgan fingerprint density at radius 2 is 2.40 bits per heavy atom. The number of hydrogen-bond donors (Lipinski definition) is 2. The molecule has 1 aromatic rings. The third kappa shape index (κ3) is 4.50. The minimum atomic E-state index is -0.343. The lowest BCUT2D eigenvalue weighted by molar-refractivity contribution is -0.123. The zero-order chi connectivity index (χ0) is 17.8. The Morgan fingerprint density at radius 3 is 3.08 bits per heavy atom. The van der Waals surface area contributed by atoms with Gasteiger partial charge in [0.2, 0.25) is 5.91 Å². The van der Waals surface area contributed by atoms with Crippen LogP contribution in [0.2, 0.25) is 5.02 Å². The number of rotatable bonds is 5. The van der Waals surface area contributed by atoms with E-state index in [1.165, 1.54) is 6.07 Å². The number of carbonyl (C=O) groups excluding carboxylic acids is 1. The van der Waals surface area contributed by atoms with E-state index in [0.717, 1.165) is 19.4 Å². The Balaban J connectivity index is 1.77. The first-order valence-electron chi connectivity index (χ1n) is 8.87. The summed E-state index contributed by atoms with van der Waals surface area (Å²) in [6, 6.07) is 4.24. The van der Waals surface area contributed by atoms with E-state index in [1.54, 1.807) is 12.1 Å². The van der Waals surface area contributed by atoms with Crippen molar-refractivity contribution >= 4 is 17.5 Å². The van der Waals surface area contributed by atoms with Gasteiger partial charge in [-0.2, -0.15) is 0 Å². The van der Waals surface area contributed by atoms with Crippen molar-refractivity contribution in [3.63, 3.8) is 0 Å². The van der Waals surface area contributed by atoms with Gasteiger partial charge >= 0.3 is 0 Å². The Morgan fingerprint density at radius 1 is 1.56 bits per heavy atom. The molecule has 25 heavy (non-hydrogen) atoms. The number of hydrogen-bond acceptors (Lipinski definition) is 4. The molecule has 2 aliphatic rings. The Labute approximate surface area is 152 Å². The lowest BCUT2D eigenvalue weighted by atomic mass is 10.0. The molecule has 0 radical (unpaired) electrons. The maximum atomic E-state index is 14.5. The van der Waals surface area contributed by atoms with Crippen LogP contribution >= 0.6 is 11.6 Å². The van der Waals surface area contributed by atoms with Gasteiger partial charge in [0.05, 0.1) is 24.8 Å². The minimum absolute atomic E-state index is 0.0312. The number of halogens is 2. The second-order valence-electron chi connectivity index (χ2n) is 6.72. The number of benzene rings is 1. The highest BCUT2D eigenvalue weighted by molar-refractivity contribution is 6.31. The summed E-state index contributed by atoms with van der Waals surface area (Å²) >= 11 is 6.30. The monoisotopic (exact) mass is 369 g/mol. The van der Waals surface area contributed by atoms with Gasteiger partial charge in [-0.25, -0.2) is 4.39 Å². The fourth-order valence-electron chi connectivity index (χ4n) is 3.60. The fraction of sp³-hybridized carbons (Fsp3) is 0.611. The second-order valence-corrected chi connectivity index (χ2v) is 7.13. The fourth-order valence-corrected chi connectivity index (χ4v) is 3.89. The molecular weight excluding hydrogens is 345 g/mol. The molecule has 0 aliphatic carbocycles. The molecule has 138 valence electrons. The van der Waals surface area contributed by atoms with Gasteiger partial charge in [-0.1, -0.05) is 17.7 Å². The highest BCUT2D eigenvalue weighted by Gasteiger charge is 2.30. The van der Waals surface area contributed by atoms with Gasteiger partial charge in [0, 0.05) is 30.2 Å². The van der Waals surface area contributed by atoms with Gasteiger partial charge in [0.1, 0.15) is 5.82 Å². The van der Waals surface area contributed by atoms with Crippen LogP contribution in [0.3, 0.4) is 0 Å². The van der Waals surface area contributed by atoms with Crippen LogP contribution in [-0.2, 0) is 9.53 Å². The number of nitrogens with zero attached hydrogens (tertiary/aromatic N) is 1. The summed E-state index contributed by atoms with van der Waals surface area (Å²) in [6.45, 7) is 5.12. The van der Waals surface area contributed by atoms with Gasteiger partial charge in [-0.05, 0) is 38.4 Å². The number of amides is 1. The summed E-state index contributed by atoms with van der Waals surface area (Å²) in [7, 11) is 0. The van der Waals surface area contributed by atoms with Crippen LogP contribution in [0, 0.1) is 5.82 Å². The molecule has 3 rings (SSSR count). The second kappa shape index (κ2) is 8.45. The zero-order valence-electron chi connectivity index (χ0n) is 14.4. The first kappa shape index (κ1) is 18.6. The molecule has 2 fully saturated rings. The molecule has 3 unspecified atom stereocenters. The lowest BCUT2D eigenvalue weighted by Gasteiger charge is -2.38. The van der Waals surface area contributed by atoms with Crippen molar-refractivity contribution in [1.82, 2.24) is 15.5 Å². The maximum absolute atomic E-state index is 14.5. The van der Waals surface area contributed by atoms with Gasteiger partial charge in [0.25, 0.3) is 0 Å². The summed E-state index contributed by atoms with van der Waals surface area (Å²) in [5.41, 5.74) is 0.443. The highest BCUT2D eigenvalue weighted by Crippen LogP contribution is 2.31. The molecule has 2 saturated heterocycles. The average molecular weight is 370 g/mol. The molecule has 2 aliphatic heterocycles. The first-order valence-corrected chi connectivity index (χ1v) is 9.24. The molecule has 1 aromatic carbocycles. The predicted octanol–water partition coefficient (Wildman–Crippen LogP) is 2.11. The van der Waals surface area contributed by atoms with E-state index < -0.39 is 0 Å². The molecule has 3 atom stereocenters. The lowest BCUT2D eigenvalue weighted by Crippen LogP contribution is -2.49. The first-order chi connectivity index (χ1) is 12.1. The highest BCUT2D eigenvalue weighted by atomic mass is 35.5.